The van der Waals surface area contributed by atoms with E-state index >= 15 is 0 Å². The average Bonchev–Trinajstić information content (AvgIpc) is 2.27. The molecule has 1 fully saturated rings. The Bertz CT molecular complexity index is 348. The van der Waals surface area contributed by atoms with Crippen LogP contribution in [0.25, 0.3) is 0 Å². The molecule has 1 aromatic carbocycles. The van der Waals surface area contributed by atoms with Gasteiger partial charge in [-0.1, -0.05) is 26.0 Å². The molecule has 0 bridgehead atoms. The second-order valence-corrected chi connectivity index (χ2v) is 5.20. The average molecular weight is 218 g/mol. The van der Waals surface area contributed by atoms with Crippen molar-refractivity contribution in [3.8, 4) is 0 Å². The van der Waals surface area contributed by atoms with E-state index in [0.717, 1.165) is 23.2 Å². The van der Waals surface area contributed by atoms with Crippen LogP contribution in [0.3, 0.4) is 0 Å². The second kappa shape index (κ2) is 4.77. The quantitative estimate of drug-likeness (QED) is 0.745. The van der Waals surface area contributed by atoms with Crippen molar-refractivity contribution < 1.29 is 0 Å². The molecule has 1 aromatic rings. The molecule has 3 N–H and O–H groups in total. The Kier molecular flexibility index (Phi) is 3.37. The molecule has 3 unspecified atom stereocenters. The minimum atomic E-state index is 0.593. The van der Waals surface area contributed by atoms with E-state index in [9.17, 15) is 0 Å². The summed E-state index contributed by atoms with van der Waals surface area (Å²) in [7, 11) is 0. The molecule has 0 saturated heterocycles. The number of nitrogens with two attached hydrogens (primary N) is 1. The lowest BCUT2D eigenvalue weighted by Gasteiger charge is -2.33. The summed E-state index contributed by atoms with van der Waals surface area (Å²) in [5.41, 5.74) is 7.88. The van der Waals surface area contributed by atoms with Gasteiger partial charge in [-0.3, -0.25) is 0 Å². The smallest absolute Gasteiger partial charge is 0.0576 e. The van der Waals surface area contributed by atoms with Crippen LogP contribution in [0, 0.1) is 11.8 Å². The van der Waals surface area contributed by atoms with Crippen molar-refractivity contribution >= 4 is 11.4 Å². The molecule has 2 rings (SSSR count). The molecule has 1 aliphatic rings. The van der Waals surface area contributed by atoms with Crippen LogP contribution in [0.5, 0.6) is 0 Å². The number of nitrogen functional groups attached to an aromatic ring is 1. The zero-order chi connectivity index (χ0) is 11.5. The van der Waals surface area contributed by atoms with E-state index < -0.39 is 0 Å². The molecule has 3 atom stereocenters. The molecule has 0 heterocycles. The first-order chi connectivity index (χ1) is 7.66. The molecule has 2 nitrogen and oxygen atoms in total. The van der Waals surface area contributed by atoms with Crippen LogP contribution in [0.15, 0.2) is 24.3 Å². The minimum absolute atomic E-state index is 0.593. The highest BCUT2D eigenvalue weighted by Crippen LogP contribution is 2.31. The predicted octanol–water partition coefficient (Wildman–Crippen LogP) is 3.51. The van der Waals surface area contributed by atoms with Gasteiger partial charge in [0.15, 0.2) is 0 Å². The van der Waals surface area contributed by atoms with Crippen LogP contribution in [0.4, 0.5) is 11.4 Å². The topological polar surface area (TPSA) is 38.0 Å². The van der Waals surface area contributed by atoms with Crippen molar-refractivity contribution in [2.45, 2.75) is 39.2 Å². The van der Waals surface area contributed by atoms with E-state index in [1.807, 2.05) is 18.2 Å². The van der Waals surface area contributed by atoms with Gasteiger partial charge in [0.25, 0.3) is 0 Å². The zero-order valence-corrected chi connectivity index (χ0v) is 10.2. The SMILES string of the molecule is CC1CCC(Nc2ccccc2N)CC1C. The normalized spacial score (nSPS) is 30.0. The predicted molar refractivity (Wildman–Crippen MR) is 70.4 cm³/mol. The van der Waals surface area contributed by atoms with Crippen LogP contribution in [0.1, 0.15) is 33.1 Å². The van der Waals surface area contributed by atoms with E-state index in [1.165, 1.54) is 19.3 Å². The van der Waals surface area contributed by atoms with Crippen molar-refractivity contribution in [3.63, 3.8) is 0 Å². The summed E-state index contributed by atoms with van der Waals surface area (Å²) >= 11 is 0. The summed E-state index contributed by atoms with van der Waals surface area (Å²) in [6.45, 7) is 4.71. The van der Waals surface area contributed by atoms with E-state index in [2.05, 4.69) is 25.2 Å². The van der Waals surface area contributed by atoms with Crippen LogP contribution < -0.4 is 11.1 Å². The summed E-state index contributed by atoms with van der Waals surface area (Å²) in [5, 5.41) is 3.58. The van der Waals surface area contributed by atoms with Crippen molar-refractivity contribution in [3.05, 3.63) is 24.3 Å². The highest BCUT2D eigenvalue weighted by Gasteiger charge is 2.24. The molecule has 1 saturated carbocycles. The molecule has 88 valence electrons. The first-order valence-corrected chi connectivity index (χ1v) is 6.28. The summed E-state index contributed by atoms with van der Waals surface area (Å²) in [6.07, 6.45) is 3.85. The third-order valence-electron chi connectivity index (χ3n) is 3.92. The molecule has 0 aliphatic heterocycles. The van der Waals surface area contributed by atoms with Crippen LogP contribution >= 0.6 is 0 Å². The van der Waals surface area contributed by atoms with Gasteiger partial charge < -0.3 is 11.1 Å². The Labute approximate surface area is 98.2 Å². The third-order valence-corrected chi connectivity index (χ3v) is 3.92. The van der Waals surface area contributed by atoms with Crippen molar-refractivity contribution in [1.82, 2.24) is 0 Å². The highest BCUT2D eigenvalue weighted by molar-refractivity contribution is 5.65. The van der Waals surface area contributed by atoms with Crippen LogP contribution in [0.2, 0.25) is 0 Å². The van der Waals surface area contributed by atoms with E-state index in [1.54, 1.807) is 0 Å². The van der Waals surface area contributed by atoms with Gasteiger partial charge >= 0.3 is 0 Å². The number of anilines is 2. The first-order valence-electron chi connectivity index (χ1n) is 6.28. The molecule has 0 amide bonds. The lowest BCUT2D eigenvalue weighted by atomic mass is 9.79. The molecule has 0 radical (unpaired) electrons. The number of hydrogen-bond donors (Lipinski definition) is 2. The van der Waals surface area contributed by atoms with Gasteiger partial charge in [0.2, 0.25) is 0 Å². The number of benzene rings is 1. The Morgan fingerprint density at radius 3 is 2.56 bits per heavy atom. The second-order valence-electron chi connectivity index (χ2n) is 5.20. The van der Waals surface area contributed by atoms with Crippen molar-refractivity contribution in [2.75, 3.05) is 11.1 Å². The molecular formula is C14H22N2. The lowest BCUT2D eigenvalue weighted by molar-refractivity contribution is 0.261. The zero-order valence-electron chi connectivity index (χ0n) is 10.2. The molecular weight excluding hydrogens is 196 g/mol. The summed E-state index contributed by atoms with van der Waals surface area (Å²) < 4.78 is 0. The maximum absolute atomic E-state index is 5.94. The molecule has 2 heteroatoms. The van der Waals surface area contributed by atoms with Gasteiger partial charge in [-0.25, -0.2) is 0 Å². The monoisotopic (exact) mass is 218 g/mol. The fraction of sp³-hybridized carbons (Fsp3) is 0.571. The largest absolute Gasteiger partial charge is 0.397 e. The Morgan fingerprint density at radius 1 is 1.12 bits per heavy atom. The first kappa shape index (κ1) is 11.3. The van der Waals surface area contributed by atoms with Gasteiger partial charge in [-0.2, -0.15) is 0 Å². The number of nitrogens with one attached hydrogen (secondary N) is 1. The third kappa shape index (κ3) is 2.49. The molecule has 1 aliphatic carbocycles. The highest BCUT2D eigenvalue weighted by atomic mass is 14.9. The van der Waals surface area contributed by atoms with Crippen LogP contribution in [-0.4, -0.2) is 6.04 Å². The standard InChI is InChI=1S/C14H22N2/c1-10-7-8-12(9-11(10)2)16-14-6-4-3-5-13(14)15/h3-6,10-12,16H,7-9,15H2,1-2H3. The summed E-state index contributed by atoms with van der Waals surface area (Å²) in [4.78, 5) is 0. The number of hydrogen-bond acceptors (Lipinski definition) is 2. The van der Waals surface area contributed by atoms with Gasteiger partial charge in [0, 0.05) is 6.04 Å². The maximum Gasteiger partial charge on any atom is 0.0576 e. The maximum atomic E-state index is 5.94. The minimum Gasteiger partial charge on any atom is -0.397 e. The fourth-order valence-electron chi connectivity index (χ4n) is 2.53. The van der Waals surface area contributed by atoms with E-state index in [-0.39, 0.29) is 0 Å². The van der Waals surface area contributed by atoms with Crippen molar-refractivity contribution in [2.24, 2.45) is 11.8 Å². The summed E-state index contributed by atoms with van der Waals surface area (Å²) in [5.74, 6) is 1.68. The molecule has 0 aromatic heterocycles. The van der Waals surface area contributed by atoms with E-state index in [0.29, 0.717) is 6.04 Å². The van der Waals surface area contributed by atoms with Gasteiger partial charge in [0.1, 0.15) is 0 Å². The summed E-state index contributed by atoms with van der Waals surface area (Å²) in [6, 6.07) is 8.63. The van der Waals surface area contributed by atoms with Crippen LogP contribution in [-0.2, 0) is 0 Å². The Balaban J connectivity index is 1.98. The fourth-order valence-corrected chi connectivity index (χ4v) is 2.53. The molecule has 16 heavy (non-hydrogen) atoms. The molecule has 0 spiro atoms. The van der Waals surface area contributed by atoms with Gasteiger partial charge in [-0.15, -0.1) is 0 Å². The number of rotatable bonds is 2. The lowest BCUT2D eigenvalue weighted by Crippen LogP contribution is -2.30. The Morgan fingerprint density at radius 2 is 1.88 bits per heavy atom. The van der Waals surface area contributed by atoms with Gasteiger partial charge in [0.05, 0.1) is 11.4 Å². The number of para-hydroxylation sites is 2. The van der Waals surface area contributed by atoms with Gasteiger partial charge in [-0.05, 0) is 43.2 Å². The van der Waals surface area contributed by atoms with E-state index in [4.69, 9.17) is 5.73 Å². The Hall–Kier alpha value is -1.18. The van der Waals surface area contributed by atoms with Crippen molar-refractivity contribution in [1.29, 1.82) is 0 Å².